The van der Waals surface area contributed by atoms with E-state index in [-0.39, 0.29) is 0 Å². The van der Waals surface area contributed by atoms with Crippen LogP contribution >= 0.6 is 0 Å². The number of hydrogen-bond donors (Lipinski definition) is 1. The minimum atomic E-state index is 0.452. The third-order valence-electron chi connectivity index (χ3n) is 3.97. The van der Waals surface area contributed by atoms with Gasteiger partial charge in [0.1, 0.15) is 0 Å². The topological polar surface area (TPSA) is 34.1 Å². The van der Waals surface area contributed by atoms with Crippen molar-refractivity contribution in [3.63, 3.8) is 0 Å². The quantitative estimate of drug-likeness (QED) is 0.911. The van der Waals surface area contributed by atoms with Gasteiger partial charge in [0.05, 0.1) is 23.5 Å². The molecule has 3 heteroatoms. The Bertz CT molecular complexity index is 547. The van der Waals surface area contributed by atoms with Gasteiger partial charge < -0.3 is 10.1 Å². The summed E-state index contributed by atoms with van der Waals surface area (Å²) < 4.78 is 5.41. The lowest BCUT2D eigenvalue weighted by atomic mass is 9.93. The van der Waals surface area contributed by atoms with E-state index in [1.165, 1.54) is 18.2 Å². The average Bonchev–Trinajstić information content (AvgIpc) is 2.48. The zero-order chi connectivity index (χ0) is 13.1. The number of hydrogen-bond acceptors (Lipinski definition) is 3. The lowest BCUT2D eigenvalue weighted by Crippen LogP contribution is -2.29. The molecule has 0 radical (unpaired) electrons. The Kier molecular flexibility index (Phi) is 3.65. The summed E-state index contributed by atoms with van der Waals surface area (Å²) in [4.78, 5) is 4.49. The average molecular weight is 256 g/mol. The fraction of sp³-hybridized carbons (Fsp3) is 0.438. The van der Waals surface area contributed by atoms with Crippen LogP contribution in [0.2, 0.25) is 0 Å². The summed E-state index contributed by atoms with van der Waals surface area (Å²) >= 11 is 0. The number of fused-ring (bicyclic) bond motifs is 1. The summed E-state index contributed by atoms with van der Waals surface area (Å²) in [5.41, 5.74) is 2.18. The summed E-state index contributed by atoms with van der Waals surface area (Å²) in [5, 5.41) is 4.79. The number of para-hydroxylation sites is 1. The predicted molar refractivity (Wildman–Crippen MR) is 78.4 cm³/mol. The molecule has 1 aliphatic rings. The third kappa shape index (κ3) is 2.87. The fourth-order valence-corrected chi connectivity index (χ4v) is 2.83. The van der Waals surface area contributed by atoms with Crippen LogP contribution in [0.25, 0.3) is 10.9 Å². The number of ether oxygens (including phenoxy) is 1. The summed E-state index contributed by atoms with van der Waals surface area (Å²) in [6.07, 6.45) is 7.03. The minimum absolute atomic E-state index is 0.452. The van der Waals surface area contributed by atoms with Crippen LogP contribution in [0.5, 0.6) is 0 Å². The van der Waals surface area contributed by atoms with Gasteiger partial charge in [-0.05, 0) is 37.8 Å². The maximum atomic E-state index is 5.41. The maximum Gasteiger partial charge on any atom is 0.0703 e. The van der Waals surface area contributed by atoms with E-state index in [1.54, 1.807) is 0 Å². The molecule has 1 heterocycles. The Morgan fingerprint density at radius 2 is 1.95 bits per heavy atom. The standard InChI is InChI=1S/C16H20N2O/c1-19-15-8-6-13(7-9-15)18-14-10-12-4-2-3-5-16(12)17-11-14/h2-5,10-11,13,15,18H,6-9H2,1H3. The first-order chi connectivity index (χ1) is 9.35. The normalized spacial score (nSPS) is 23.4. The molecule has 2 aromatic rings. The molecule has 0 bridgehead atoms. The molecule has 0 aliphatic heterocycles. The number of nitrogens with one attached hydrogen (secondary N) is 1. The third-order valence-corrected chi connectivity index (χ3v) is 3.97. The van der Waals surface area contributed by atoms with Gasteiger partial charge in [-0.1, -0.05) is 18.2 Å². The molecule has 0 unspecified atom stereocenters. The van der Waals surface area contributed by atoms with Crippen LogP contribution in [0.3, 0.4) is 0 Å². The Labute approximate surface area is 114 Å². The molecule has 1 N–H and O–H groups in total. The molecule has 100 valence electrons. The first-order valence-electron chi connectivity index (χ1n) is 6.99. The van der Waals surface area contributed by atoms with Crippen LogP contribution in [0, 0.1) is 0 Å². The van der Waals surface area contributed by atoms with E-state index >= 15 is 0 Å². The second kappa shape index (κ2) is 5.57. The van der Waals surface area contributed by atoms with Crippen molar-refractivity contribution in [2.45, 2.75) is 37.8 Å². The molecule has 0 spiro atoms. The number of rotatable bonds is 3. The second-order valence-electron chi connectivity index (χ2n) is 5.27. The van der Waals surface area contributed by atoms with Crippen LogP contribution in [0.1, 0.15) is 25.7 Å². The van der Waals surface area contributed by atoms with E-state index in [9.17, 15) is 0 Å². The van der Waals surface area contributed by atoms with Gasteiger partial charge in [0.15, 0.2) is 0 Å². The van der Waals surface area contributed by atoms with E-state index in [1.807, 2.05) is 25.4 Å². The number of methoxy groups -OCH3 is 1. The number of nitrogens with zero attached hydrogens (tertiary/aromatic N) is 1. The molecule has 0 saturated heterocycles. The van der Waals surface area contributed by atoms with E-state index in [0.29, 0.717) is 12.1 Å². The smallest absolute Gasteiger partial charge is 0.0703 e. The van der Waals surface area contributed by atoms with Crippen LogP contribution in [-0.4, -0.2) is 24.2 Å². The molecule has 0 atom stereocenters. The van der Waals surface area contributed by atoms with Crippen LogP contribution in [0.4, 0.5) is 5.69 Å². The second-order valence-corrected chi connectivity index (χ2v) is 5.27. The van der Waals surface area contributed by atoms with Gasteiger partial charge in [0.25, 0.3) is 0 Å². The van der Waals surface area contributed by atoms with Gasteiger partial charge in [-0.15, -0.1) is 0 Å². The van der Waals surface area contributed by atoms with Crippen molar-refractivity contribution >= 4 is 16.6 Å². The molecule has 1 fully saturated rings. The van der Waals surface area contributed by atoms with Crippen molar-refractivity contribution in [3.05, 3.63) is 36.5 Å². The van der Waals surface area contributed by atoms with Crippen molar-refractivity contribution in [1.29, 1.82) is 0 Å². The van der Waals surface area contributed by atoms with Crippen LogP contribution in [0.15, 0.2) is 36.5 Å². The van der Waals surface area contributed by atoms with E-state index in [2.05, 4.69) is 28.5 Å². The summed E-state index contributed by atoms with van der Waals surface area (Å²) in [7, 11) is 1.81. The van der Waals surface area contributed by atoms with E-state index in [0.717, 1.165) is 24.0 Å². The molecule has 0 amide bonds. The lowest BCUT2D eigenvalue weighted by Gasteiger charge is -2.28. The molecule has 3 nitrogen and oxygen atoms in total. The van der Waals surface area contributed by atoms with Gasteiger partial charge in [-0.3, -0.25) is 4.98 Å². The zero-order valence-electron chi connectivity index (χ0n) is 11.3. The predicted octanol–water partition coefficient (Wildman–Crippen LogP) is 3.60. The highest BCUT2D eigenvalue weighted by atomic mass is 16.5. The minimum Gasteiger partial charge on any atom is -0.381 e. The monoisotopic (exact) mass is 256 g/mol. The number of anilines is 1. The highest BCUT2D eigenvalue weighted by Gasteiger charge is 2.20. The molecule has 1 aromatic carbocycles. The fourth-order valence-electron chi connectivity index (χ4n) is 2.83. The molecule has 1 aromatic heterocycles. The number of benzene rings is 1. The van der Waals surface area contributed by atoms with Crippen molar-refractivity contribution in [1.82, 2.24) is 4.98 Å². The summed E-state index contributed by atoms with van der Waals surface area (Å²) in [6, 6.07) is 11.0. The number of aromatic nitrogens is 1. The lowest BCUT2D eigenvalue weighted by molar-refractivity contribution is 0.0682. The van der Waals surface area contributed by atoms with Gasteiger partial charge in [0.2, 0.25) is 0 Å². The first-order valence-corrected chi connectivity index (χ1v) is 6.99. The molecule has 3 rings (SSSR count). The zero-order valence-corrected chi connectivity index (χ0v) is 11.3. The Morgan fingerprint density at radius 1 is 1.16 bits per heavy atom. The SMILES string of the molecule is COC1CCC(Nc2cnc3ccccc3c2)CC1. The van der Waals surface area contributed by atoms with E-state index < -0.39 is 0 Å². The van der Waals surface area contributed by atoms with E-state index in [4.69, 9.17) is 4.74 Å². The van der Waals surface area contributed by atoms with Gasteiger partial charge >= 0.3 is 0 Å². The molecule has 19 heavy (non-hydrogen) atoms. The highest BCUT2D eigenvalue weighted by molar-refractivity contribution is 5.81. The van der Waals surface area contributed by atoms with Crippen molar-refractivity contribution in [2.75, 3.05) is 12.4 Å². The molecule has 1 aliphatic carbocycles. The Hall–Kier alpha value is -1.61. The number of pyridine rings is 1. The van der Waals surface area contributed by atoms with Crippen molar-refractivity contribution in [3.8, 4) is 0 Å². The maximum absolute atomic E-state index is 5.41. The van der Waals surface area contributed by atoms with Crippen molar-refractivity contribution in [2.24, 2.45) is 0 Å². The van der Waals surface area contributed by atoms with Crippen LogP contribution < -0.4 is 5.32 Å². The highest BCUT2D eigenvalue weighted by Crippen LogP contribution is 2.24. The summed E-state index contributed by atoms with van der Waals surface area (Å²) in [6.45, 7) is 0. The summed E-state index contributed by atoms with van der Waals surface area (Å²) in [5.74, 6) is 0. The molecular formula is C16H20N2O. The largest absolute Gasteiger partial charge is 0.381 e. The Balaban J connectivity index is 1.68. The first kappa shape index (κ1) is 12.4. The van der Waals surface area contributed by atoms with Gasteiger partial charge in [-0.25, -0.2) is 0 Å². The Morgan fingerprint density at radius 3 is 2.74 bits per heavy atom. The van der Waals surface area contributed by atoms with Gasteiger partial charge in [0, 0.05) is 18.5 Å². The van der Waals surface area contributed by atoms with Crippen LogP contribution in [-0.2, 0) is 4.74 Å². The molecular weight excluding hydrogens is 236 g/mol. The molecule has 1 saturated carbocycles. The van der Waals surface area contributed by atoms with Crippen molar-refractivity contribution < 1.29 is 4.74 Å². The van der Waals surface area contributed by atoms with Gasteiger partial charge in [-0.2, -0.15) is 0 Å².